The summed E-state index contributed by atoms with van der Waals surface area (Å²) in [4.78, 5) is 19.7. The van der Waals surface area contributed by atoms with Crippen molar-refractivity contribution in [3.05, 3.63) is 42.0 Å². The third-order valence-corrected chi connectivity index (χ3v) is 4.15. The van der Waals surface area contributed by atoms with Crippen molar-refractivity contribution in [1.82, 2.24) is 25.0 Å². The van der Waals surface area contributed by atoms with Gasteiger partial charge in [-0.1, -0.05) is 6.07 Å². The number of piperazine rings is 1. The van der Waals surface area contributed by atoms with Crippen LogP contribution in [-0.2, 0) is 19.8 Å². The van der Waals surface area contributed by atoms with Crippen molar-refractivity contribution in [3.8, 4) is 0 Å². The fourth-order valence-corrected chi connectivity index (χ4v) is 2.78. The molecule has 1 aliphatic rings. The van der Waals surface area contributed by atoms with Gasteiger partial charge in [0.15, 0.2) is 5.82 Å². The predicted molar refractivity (Wildman–Crippen MR) is 88.5 cm³/mol. The number of hydrogen-bond acceptors (Lipinski definition) is 4. The number of aromatic nitrogens is 3. The maximum absolute atomic E-state index is 12.8. The van der Waals surface area contributed by atoms with E-state index in [0.29, 0.717) is 37.7 Å². The lowest BCUT2D eigenvalue weighted by Gasteiger charge is -2.36. The topological polar surface area (TPSA) is 66.3 Å². The van der Waals surface area contributed by atoms with Gasteiger partial charge in [0.1, 0.15) is 6.33 Å². The molecule has 2 amide bonds. The summed E-state index contributed by atoms with van der Waals surface area (Å²) < 4.78 is 40.1. The van der Waals surface area contributed by atoms with E-state index in [4.69, 9.17) is 0 Å². The van der Waals surface area contributed by atoms with E-state index in [2.05, 4.69) is 15.4 Å². The smallest absolute Gasteiger partial charge is 0.368 e. The second-order valence-corrected chi connectivity index (χ2v) is 6.02. The number of aryl methyl sites for hydroxylation is 1. The van der Waals surface area contributed by atoms with Gasteiger partial charge in [-0.05, 0) is 18.2 Å². The van der Waals surface area contributed by atoms with Crippen LogP contribution in [0, 0.1) is 0 Å². The Hall–Kier alpha value is -2.78. The first-order chi connectivity index (χ1) is 12.3. The van der Waals surface area contributed by atoms with Crippen molar-refractivity contribution < 1.29 is 18.0 Å². The summed E-state index contributed by atoms with van der Waals surface area (Å²) in [5.41, 5.74) is -0.157. The number of alkyl halides is 3. The number of urea groups is 1. The van der Waals surface area contributed by atoms with Crippen LogP contribution in [0.5, 0.6) is 0 Å². The first kappa shape index (κ1) is 18.0. The number of carbonyl (C=O) groups excluding carboxylic acids is 1. The Morgan fingerprint density at radius 1 is 1.23 bits per heavy atom. The number of nitrogens with zero attached hydrogens (tertiary/aromatic N) is 5. The van der Waals surface area contributed by atoms with Crippen LogP contribution in [0.1, 0.15) is 11.4 Å². The van der Waals surface area contributed by atoms with Crippen molar-refractivity contribution in [2.45, 2.75) is 12.7 Å². The standard InChI is InChI=1S/C16H19F3N6O/c1-23-11-21-14(22-23)10-20-15(26)25-7-5-24(6-8-25)13-4-2-3-12(9-13)16(17,18)19/h2-4,9,11H,5-8,10H2,1H3,(H,20,26). The molecule has 2 aromatic rings. The Morgan fingerprint density at radius 3 is 2.58 bits per heavy atom. The number of carbonyl (C=O) groups is 1. The third kappa shape index (κ3) is 4.24. The fraction of sp³-hybridized carbons (Fsp3) is 0.438. The number of benzene rings is 1. The van der Waals surface area contributed by atoms with Crippen molar-refractivity contribution in [2.24, 2.45) is 7.05 Å². The van der Waals surface area contributed by atoms with Crippen LogP contribution in [0.15, 0.2) is 30.6 Å². The molecule has 0 unspecified atom stereocenters. The molecule has 10 heteroatoms. The molecule has 1 aromatic carbocycles. The number of anilines is 1. The van der Waals surface area contributed by atoms with Crippen molar-refractivity contribution in [1.29, 1.82) is 0 Å². The largest absolute Gasteiger partial charge is 0.416 e. The molecule has 1 saturated heterocycles. The molecular formula is C16H19F3N6O. The van der Waals surface area contributed by atoms with Gasteiger partial charge in [-0.25, -0.2) is 9.78 Å². The Bertz CT molecular complexity index is 767. The molecule has 2 heterocycles. The molecule has 0 saturated carbocycles. The molecule has 140 valence electrons. The van der Waals surface area contributed by atoms with Crippen molar-refractivity contribution >= 4 is 11.7 Å². The lowest BCUT2D eigenvalue weighted by atomic mass is 10.1. The highest BCUT2D eigenvalue weighted by Crippen LogP contribution is 2.31. The normalized spacial score (nSPS) is 15.2. The van der Waals surface area contributed by atoms with Crippen molar-refractivity contribution in [3.63, 3.8) is 0 Å². The average Bonchev–Trinajstić information content (AvgIpc) is 3.04. The van der Waals surface area contributed by atoms with Crippen LogP contribution < -0.4 is 10.2 Å². The maximum Gasteiger partial charge on any atom is 0.416 e. The number of hydrogen-bond donors (Lipinski definition) is 1. The van der Waals surface area contributed by atoms with Crippen LogP contribution in [0.25, 0.3) is 0 Å². The van der Waals surface area contributed by atoms with E-state index in [1.807, 2.05) is 4.90 Å². The van der Waals surface area contributed by atoms with E-state index < -0.39 is 11.7 Å². The minimum atomic E-state index is -4.36. The molecule has 0 spiro atoms. The zero-order chi connectivity index (χ0) is 18.7. The maximum atomic E-state index is 12.8. The SMILES string of the molecule is Cn1cnc(CNC(=O)N2CCN(c3cccc(C(F)(F)F)c3)CC2)n1. The van der Waals surface area contributed by atoms with E-state index in [9.17, 15) is 18.0 Å². The number of nitrogens with one attached hydrogen (secondary N) is 1. The highest BCUT2D eigenvalue weighted by atomic mass is 19.4. The molecule has 3 rings (SSSR count). The highest BCUT2D eigenvalue weighted by molar-refractivity contribution is 5.74. The Balaban J connectivity index is 1.53. The summed E-state index contributed by atoms with van der Waals surface area (Å²) in [6, 6.07) is 5.01. The van der Waals surface area contributed by atoms with E-state index in [-0.39, 0.29) is 12.6 Å². The van der Waals surface area contributed by atoms with Crippen LogP contribution in [0.3, 0.4) is 0 Å². The lowest BCUT2D eigenvalue weighted by molar-refractivity contribution is -0.137. The number of rotatable bonds is 3. The summed E-state index contributed by atoms with van der Waals surface area (Å²) in [6.45, 7) is 2.02. The van der Waals surface area contributed by atoms with Crippen LogP contribution in [0.4, 0.5) is 23.7 Å². The summed E-state index contributed by atoms with van der Waals surface area (Å²) in [5, 5.41) is 6.83. The summed E-state index contributed by atoms with van der Waals surface area (Å²) in [6.07, 6.45) is -2.81. The van der Waals surface area contributed by atoms with Gasteiger partial charge in [0.2, 0.25) is 0 Å². The number of halogens is 3. The van der Waals surface area contributed by atoms with E-state index in [1.54, 1.807) is 29.0 Å². The van der Waals surface area contributed by atoms with Crippen LogP contribution >= 0.6 is 0 Å². The third-order valence-electron chi connectivity index (χ3n) is 4.15. The van der Waals surface area contributed by atoms with Gasteiger partial charge in [-0.3, -0.25) is 4.68 Å². The zero-order valence-corrected chi connectivity index (χ0v) is 14.2. The zero-order valence-electron chi connectivity index (χ0n) is 14.2. The molecule has 1 aliphatic heterocycles. The quantitative estimate of drug-likeness (QED) is 0.898. The molecule has 7 nitrogen and oxygen atoms in total. The minimum absolute atomic E-state index is 0.230. The van der Waals surface area contributed by atoms with Crippen LogP contribution in [-0.4, -0.2) is 51.9 Å². The lowest BCUT2D eigenvalue weighted by Crippen LogP contribution is -2.51. The Labute approximate surface area is 148 Å². The highest BCUT2D eigenvalue weighted by Gasteiger charge is 2.31. The second kappa shape index (κ2) is 7.22. The Kier molecular flexibility index (Phi) is 5.01. The van der Waals surface area contributed by atoms with Crippen LogP contribution in [0.2, 0.25) is 0 Å². The van der Waals surface area contributed by atoms with Gasteiger partial charge >= 0.3 is 12.2 Å². The van der Waals surface area contributed by atoms with Gasteiger partial charge < -0.3 is 15.1 Å². The summed E-state index contributed by atoms with van der Waals surface area (Å²) in [7, 11) is 1.74. The fourth-order valence-electron chi connectivity index (χ4n) is 2.78. The first-order valence-electron chi connectivity index (χ1n) is 8.12. The molecule has 0 bridgehead atoms. The predicted octanol–water partition coefficient (Wildman–Crippen LogP) is 1.87. The first-order valence-corrected chi connectivity index (χ1v) is 8.12. The monoisotopic (exact) mass is 368 g/mol. The molecule has 1 aromatic heterocycles. The Morgan fingerprint density at radius 2 is 1.96 bits per heavy atom. The van der Waals surface area contributed by atoms with E-state index >= 15 is 0 Å². The molecule has 26 heavy (non-hydrogen) atoms. The van der Waals surface area contributed by atoms with Crippen molar-refractivity contribution in [2.75, 3.05) is 31.1 Å². The van der Waals surface area contributed by atoms with E-state index in [1.165, 1.54) is 6.07 Å². The summed E-state index contributed by atoms with van der Waals surface area (Å²) in [5.74, 6) is 0.517. The summed E-state index contributed by atoms with van der Waals surface area (Å²) >= 11 is 0. The van der Waals surface area contributed by atoms with E-state index in [0.717, 1.165) is 12.1 Å². The van der Waals surface area contributed by atoms with Gasteiger partial charge in [-0.2, -0.15) is 18.3 Å². The molecule has 0 radical (unpaired) electrons. The molecule has 0 atom stereocenters. The molecule has 0 aliphatic carbocycles. The van der Waals surface area contributed by atoms with Gasteiger partial charge in [0.25, 0.3) is 0 Å². The average molecular weight is 368 g/mol. The molecule has 1 fully saturated rings. The minimum Gasteiger partial charge on any atom is -0.368 e. The van der Waals surface area contributed by atoms with Gasteiger partial charge in [0, 0.05) is 38.9 Å². The molecular weight excluding hydrogens is 349 g/mol. The molecule has 1 N–H and O–H groups in total. The second-order valence-electron chi connectivity index (χ2n) is 6.02. The number of amides is 2. The van der Waals surface area contributed by atoms with Gasteiger partial charge in [-0.15, -0.1) is 0 Å². The van der Waals surface area contributed by atoms with Gasteiger partial charge in [0.05, 0.1) is 12.1 Å².